The summed E-state index contributed by atoms with van der Waals surface area (Å²) in [6.45, 7) is 7.97. The minimum atomic E-state index is 0.307. The first kappa shape index (κ1) is 12.4. The molecule has 0 spiro atoms. The predicted molar refractivity (Wildman–Crippen MR) is 46.2 cm³/mol. The molecule has 0 atom stereocenters. The van der Waals surface area contributed by atoms with Crippen LogP contribution in [0.3, 0.4) is 0 Å². The Morgan fingerprint density at radius 1 is 1.20 bits per heavy atom. The maximum Gasteiger partial charge on any atom is 0.129 e. The predicted octanol–water partition coefficient (Wildman–Crippen LogP) is 3.18. The highest BCUT2D eigenvalue weighted by molar-refractivity contribution is 5.75. The van der Waals surface area contributed by atoms with Gasteiger partial charge in [0.2, 0.25) is 0 Å². The van der Waals surface area contributed by atoms with Gasteiger partial charge in [0.25, 0.3) is 0 Å². The topological polar surface area (TPSA) is 17.1 Å². The van der Waals surface area contributed by atoms with Crippen LogP contribution >= 0.6 is 0 Å². The first-order chi connectivity index (χ1) is 4.68. The van der Waals surface area contributed by atoms with Crippen LogP contribution in [-0.2, 0) is 4.79 Å². The van der Waals surface area contributed by atoms with Crippen molar-refractivity contribution < 1.29 is 4.79 Å². The van der Waals surface area contributed by atoms with E-state index < -0.39 is 0 Å². The monoisotopic (exact) mass is 144 g/mol. The summed E-state index contributed by atoms with van der Waals surface area (Å²) in [5, 5.41) is 0. The van der Waals surface area contributed by atoms with Gasteiger partial charge in [-0.05, 0) is 13.3 Å². The van der Waals surface area contributed by atoms with Crippen LogP contribution in [-0.4, -0.2) is 5.78 Å². The van der Waals surface area contributed by atoms with Crippen LogP contribution < -0.4 is 0 Å². The lowest BCUT2D eigenvalue weighted by molar-refractivity contribution is -0.117. The third-order valence-corrected chi connectivity index (χ3v) is 0.882. The van der Waals surface area contributed by atoms with Crippen molar-refractivity contribution in [3.8, 4) is 0 Å². The average Bonchev–Trinajstić information content (AvgIpc) is 1.85. The van der Waals surface area contributed by atoms with Crippen LogP contribution in [0.25, 0.3) is 0 Å². The number of Topliss-reactive ketones (excluding diaryl/α,β-unsaturated/α-hetero) is 1. The number of hydrogen-bond acceptors (Lipinski definition) is 1. The molecule has 0 amide bonds. The molecule has 0 saturated carbocycles. The van der Waals surface area contributed by atoms with E-state index in [9.17, 15) is 4.79 Å². The average molecular weight is 144 g/mol. The fourth-order valence-corrected chi connectivity index (χ4v) is 0.426. The van der Waals surface area contributed by atoms with E-state index in [1.807, 2.05) is 0 Å². The van der Waals surface area contributed by atoms with Crippen LogP contribution in [0.1, 0.15) is 53.4 Å². The van der Waals surface area contributed by atoms with Gasteiger partial charge in [-0.25, -0.2) is 0 Å². The Balaban J connectivity index is 0. The first-order valence-corrected chi connectivity index (χ1v) is 4.18. The quantitative estimate of drug-likeness (QED) is 0.594. The Labute approximate surface area is 64.8 Å². The smallest absolute Gasteiger partial charge is 0.129 e. The van der Waals surface area contributed by atoms with E-state index >= 15 is 0 Å². The second kappa shape index (κ2) is 11.5. The molecule has 1 heteroatoms. The van der Waals surface area contributed by atoms with Gasteiger partial charge in [-0.1, -0.05) is 33.6 Å². The van der Waals surface area contributed by atoms with Gasteiger partial charge in [0, 0.05) is 6.42 Å². The molecule has 0 aliphatic rings. The van der Waals surface area contributed by atoms with Crippen LogP contribution in [0, 0.1) is 0 Å². The molecule has 0 bridgehead atoms. The lowest BCUT2D eigenvalue weighted by Gasteiger charge is -1.86. The summed E-state index contributed by atoms with van der Waals surface area (Å²) in [5.41, 5.74) is 0. The maximum absolute atomic E-state index is 10.2. The highest BCUT2D eigenvalue weighted by Gasteiger charge is 1.87. The molecule has 0 unspecified atom stereocenters. The summed E-state index contributed by atoms with van der Waals surface area (Å²) in [6.07, 6.45) is 4.19. The van der Waals surface area contributed by atoms with Gasteiger partial charge in [-0.15, -0.1) is 0 Å². The van der Waals surface area contributed by atoms with Crippen molar-refractivity contribution in [2.75, 3.05) is 0 Å². The SMILES string of the molecule is CCC.CCCCC(C)=O. The van der Waals surface area contributed by atoms with Gasteiger partial charge in [0.1, 0.15) is 5.78 Å². The fraction of sp³-hybridized carbons (Fsp3) is 0.889. The summed E-state index contributed by atoms with van der Waals surface area (Å²) in [4.78, 5) is 10.2. The summed E-state index contributed by atoms with van der Waals surface area (Å²) in [7, 11) is 0. The zero-order valence-electron chi connectivity index (χ0n) is 7.74. The highest BCUT2D eigenvalue weighted by Crippen LogP contribution is 1.92. The van der Waals surface area contributed by atoms with E-state index in [1.54, 1.807) is 6.92 Å². The molecule has 0 saturated heterocycles. The van der Waals surface area contributed by atoms with Gasteiger partial charge in [-0.2, -0.15) is 0 Å². The molecule has 1 nitrogen and oxygen atoms in total. The molecule has 0 N–H and O–H groups in total. The van der Waals surface area contributed by atoms with Gasteiger partial charge < -0.3 is 4.79 Å². The first-order valence-electron chi connectivity index (χ1n) is 4.18. The lowest BCUT2D eigenvalue weighted by Crippen LogP contribution is -1.86. The lowest BCUT2D eigenvalue weighted by atomic mass is 10.2. The Hall–Kier alpha value is -0.330. The standard InChI is InChI=1S/C6H12O.C3H8/c1-3-4-5-6(2)7;1-3-2/h3-5H2,1-2H3;3H2,1-2H3. The summed E-state index contributed by atoms with van der Waals surface area (Å²) in [6, 6.07) is 0. The molecule has 0 aromatic heterocycles. The third kappa shape index (κ3) is 25.3. The van der Waals surface area contributed by atoms with Gasteiger partial charge in [-0.3, -0.25) is 0 Å². The number of carbonyl (C=O) groups excluding carboxylic acids is 1. The van der Waals surface area contributed by atoms with Gasteiger partial charge in [0.05, 0.1) is 0 Å². The second-order valence-electron chi connectivity index (χ2n) is 2.51. The minimum absolute atomic E-state index is 0.307. The molecule has 0 fully saturated rings. The van der Waals surface area contributed by atoms with E-state index in [1.165, 1.54) is 6.42 Å². The zero-order valence-corrected chi connectivity index (χ0v) is 7.74. The number of ketones is 1. The molecule has 10 heavy (non-hydrogen) atoms. The minimum Gasteiger partial charge on any atom is -0.300 e. The molecule has 0 rings (SSSR count). The molecule has 0 aliphatic heterocycles. The van der Waals surface area contributed by atoms with E-state index in [0.717, 1.165) is 19.3 Å². The van der Waals surface area contributed by atoms with Crippen molar-refractivity contribution in [3.05, 3.63) is 0 Å². The second-order valence-corrected chi connectivity index (χ2v) is 2.51. The molecule has 62 valence electrons. The largest absolute Gasteiger partial charge is 0.300 e. The number of carbonyl (C=O) groups is 1. The highest BCUT2D eigenvalue weighted by atomic mass is 16.1. The van der Waals surface area contributed by atoms with E-state index in [0.29, 0.717) is 5.78 Å². The molecular formula is C9H20O. The number of hydrogen-bond donors (Lipinski definition) is 0. The third-order valence-electron chi connectivity index (χ3n) is 0.882. The Morgan fingerprint density at radius 3 is 1.70 bits per heavy atom. The van der Waals surface area contributed by atoms with Gasteiger partial charge >= 0.3 is 0 Å². The normalized spacial score (nSPS) is 8.00. The molecule has 0 radical (unpaired) electrons. The van der Waals surface area contributed by atoms with Crippen LogP contribution in [0.15, 0.2) is 0 Å². The van der Waals surface area contributed by atoms with Crippen molar-refractivity contribution in [1.82, 2.24) is 0 Å². The Bertz CT molecular complexity index is 67.1. The number of unbranched alkanes of at least 4 members (excludes halogenated alkanes) is 1. The molecule has 0 aromatic rings. The van der Waals surface area contributed by atoms with Crippen LogP contribution in [0.4, 0.5) is 0 Å². The maximum atomic E-state index is 10.2. The Kier molecular flexibility index (Phi) is 14.2. The fourth-order valence-electron chi connectivity index (χ4n) is 0.426. The molecular weight excluding hydrogens is 124 g/mol. The van der Waals surface area contributed by atoms with Crippen LogP contribution in [0.5, 0.6) is 0 Å². The summed E-state index contributed by atoms with van der Waals surface area (Å²) < 4.78 is 0. The van der Waals surface area contributed by atoms with E-state index in [4.69, 9.17) is 0 Å². The van der Waals surface area contributed by atoms with Crippen molar-refractivity contribution in [1.29, 1.82) is 0 Å². The summed E-state index contributed by atoms with van der Waals surface area (Å²) >= 11 is 0. The molecule has 0 heterocycles. The molecule has 0 aliphatic carbocycles. The number of rotatable bonds is 3. The van der Waals surface area contributed by atoms with Gasteiger partial charge in [0.15, 0.2) is 0 Å². The van der Waals surface area contributed by atoms with E-state index in [-0.39, 0.29) is 0 Å². The zero-order chi connectivity index (χ0) is 8.41. The van der Waals surface area contributed by atoms with Crippen LogP contribution in [0.2, 0.25) is 0 Å². The van der Waals surface area contributed by atoms with Crippen molar-refractivity contribution >= 4 is 5.78 Å². The summed E-state index contributed by atoms with van der Waals surface area (Å²) in [5.74, 6) is 0.307. The van der Waals surface area contributed by atoms with E-state index in [2.05, 4.69) is 20.8 Å². The molecule has 0 aromatic carbocycles. The van der Waals surface area contributed by atoms with Crippen molar-refractivity contribution in [3.63, 3.8) is 0 Å². The van der Waals surface area contributed by atoms with Crippen molar-refractivity contribution in [2.45, 2.75) is 53.4 Å². The Morgan fingerprint density at radius 2 is 1.60 bits per heavy atom. The van der Waals surface area contributed by atoms with Crippen molar-refractivity contribution in [2.24, 2.45) is 0 Å².